The lowest BCUT2D eigenvalue weighted by Crippen LogP contribution is -2.19. The van der Waals surface area contributed by atoms with E-state index in [1.807, 2.05) is 38.1 Å². The van der Waals surface area contributed by atoms with Crippen molar-refractivity contribution < 1.29 is 13.2 Å². The monoisotopic (exact) mass is 279 g/mol. The van der Waals surface area contributed by atoms with E-state index in [0.717, 1.165) is 17.2 Å². The Morgan fingerprint density at radius 3 is 2.35 bits per heavy atom. The molecule has 4 heteroatoms. The molecular weight excluding hydrogens is 263 g/mol. The summed E-state index contributed by atoms with van der Waals surface area (Å²) < 4.78 is 39.5. The van der Waals surface area contributed by atoms with Gasteiger partial charge >= 0.3 is 0 Å². The van der Waals surface area contributed by atoms with Gasteiger partial charge in [-0.05, 0) is 31.0 Å². The van der Waals surface area contributed by atoms with Crippen LogP contribution in [0.4, 0.5) is 13.2 Å². The highest BCUT2D eigenvalue weighted by Crippen LogP contribution is 2.19. The summed E-state index contributed by atoms with van der Waals surface area (Å²) in [5, 5.41) is 3.11. The summed E-state index contributed by atoms with van der Waals surface area (Å²) in [5.41, 5.74) is 2.33. The fourth-order valence-electron chi connectivity index (χ4n) is 2.14. The maximum Gasteiger partial charge on any atom is 0.161 e. The topological polar surface area (TPSA) is 12.0 Å². The summed E-state index contributed by atoms with van der Waals surface area (Å²) in [7, 11) is 0. The Labute approximate surface area is 116 Å². The quantitative estimate of drug-likeness (QED) is 0.824. The third kappa shape index (κ3) is 3.20. The zero-order valence-corrected chi connectivity index (χ0v) is 11.4. The van der Waals surface area contributed by atoms with Gasteiger partial charge in [0.1, 0.15) is 5.82 Å². The van der Waals surface area contributed by atoms with Crippen molar-refractivity contribution in [2.75, 3.05) is 0 Å². The van der Waals surface area contributed by atoms with Crippen LogP contribution in [0, 0.1) is 24.4 Å². The molecule has 0 saturated heterocycles. The minimum Gasteiger partial charge on any atom is -0.306 e. The van der Waals surface area contributed by atoms with Crippen molar-refractivity contribution in [1.29, 1.82) is 0 Å². The zero-order chi connectivity index (χ0) is 14.7. The molecule has 20 heavy (non-hydrogen) atoms. The molecule has 0 aromatic heterocycles. The maximum absolute atomic E-state index is 13.5. The van der Waals surface area contributed by atoms with Crippen molar-refractivity contribution in [3.63, 3.8) is 0 Å². The van der Waals surface area contributed by atoms with Crippen molar-refractivity contribution in [1.82, 2.24) is 5.32 Å². The number of hydrogen-bond donors (Lipinski definition) is 1. The molecule has 1 N–H and O–H groups in total. The van der Waals surface area contributed by atoms with E-state index in [0.29, 0.717) is 6.07 Å². The lowest BCUT2D eigenvalue weighted by atomic mass is 10.0. The largest absolute Gasteiger partial charge is 0.306 e. The number of aryl methyl sites for hydroxylation is 1. The third-order valence-electron chi connectivity index (χ3n) is 3.34. The van der Waals surface area contributed by atoms with Gasteiger partial charge in [0.15, 0.2) is 11.6 Å². The first-order chi connectivity index (χ1) is 9.49. The third-order valence-corrected chi connectivity index (χ3v) is 3.34. The van der Waals surface area contributed by atoms with E-state index in [2.05, 4.69) is 5.32 Å². The van der Waals surface area contributed by atoms with Crippen LogP contribution < -0.4 is 5.32 Å². The van der Waals surface area contributed by atoms with Crippen LogP contribution in [-0.4, -0.2) is 0 Å². The van der Waals surface area contributed by atoms with Crippen LogP contribution >= 0.6 is 0 Å². The maximum atomic E-state index is 13.5. The van der Waals surface area contributed by atoms with Crippen LogP contribution in [0.15, 0.2) is 36.4 Å². The summed E-state index contributed by atoms with van der Waals surface area (Å²) >= 11 is 0. The molecule has 0 unspecified atom stereocenters. The van der Waals surface area contributed by atoms with Crippen LogP contribution in [0.5, 0.6) is 0 Å². The van der Waals surface area contributed by atoms with Gasteiger partial charge in [-0.1, -0.05) is 24.3 Å². The number of rotatable bonds is 4. The smallest absolute Gasteiger partial charge is 0.161 e. The number of benzene rings is 2. The van der Waals surface area contributed by atoms with Gasteiger partial charge < -0.3 is 5.32 Å². The molecule has 0 aliphatic heterocycles. The molecule has 0 fully saturated rings. The Hall–Kier alpha value is -1.81. The Kier molecular flexibility index (Phi) is 4.45. The summed E-state index contributed by atoms with van der Waals surface area (Å²) in [5.74, 6) is -2.95. The van der Waals surface area contributed by atoms with E-state index >= 15 is 0 Å². The number of hydrogen-bond acceptors (Lipinski definition) is 1. The first kappa shape index (κ1) is 14.6. The summed E-state index contributed by atoms with van der Waals surface area (Å²) in [6.45, 7) is 4.07. The zero-order valence-electron chi connectivity index (χ0n) is 11.4. The van der Waals surface area contributed by atoms with Crippen molar-refractivity contribution in [2.24, 2.45) is 0 Å². The van der Waals surface area contributed by atoms with Gasteiger partial charge in [0.05, 0.1) is 0 Å². The van der Waals surface area contributed by atoms with Crippen molar-refractivity contribution in [3.8, 4) is 0 Å². The normalized spacial score (nSPS) is 12.4. The number of halogens is 3. The Morgan fingerprint density at radius 1 is 1.00 bits per heavy atom. The highest BCUT2D eigenvalue weighted by molar-refractivity contribution is 5.28. The lowest BCUT2D eigenvalue weighted by molar-refractivity contribution is 0.482. The van der Waals surface area contributed by atoms with Gasteiger partial charge in [0, 0.05) is 24.2 Å². The van der Waals surface area contributed by atoms with Crippen molar-refractivity contribution in [3.05, 3.63) is 70.5 Å². The predicted octanol–water partition coefficient (Wildman–Crippen LogP) is 4.26. The molecule has 106 valence electrons. The summed E-state index contributed by atoms with van der Waals surface area (Å²) in [6, 6.07) is 9.30. The molecule has 1 atom stereocenters. The second-order valence-electron chi connectivity index (χ2n) is 4.82. The molecule has 0 heterocycles. The van der Waals surface area contributed by atoms with Crippen LogP contribution in [0.2, 0.25) is 0 Å². The van der Waals surface area contributed by atoms with Crippen molar-refractivity contribution >= 4 is 0 Å². The molecule has 0 radical (unpaired) electrons. The first-order valence-electron chi connectivity index (χ1n) is 6.41. The average Bonchev–Trinajstić information content (AvgIpc) is 2.41. The van der Waals surface area contributed by atoms with E-state index in [1.165, 1.54) is 0 Å². The minimum atomic E-state index is -1.17. The molecule has 0 bridgehead atoms. The molecule has 0 aliphatic rings. The highest BCUT2D eigenvalue weighted by atomic mass is 19.2. The van der Waals surface area contributed by atoms with Crippen LogP contribution in [0.1, 0.15) is 29.7 Å². The summed E-state index contributed by atoms with van der Waals surface area (Å²) in [4.78, 5) is 0. The van der Waals surface area contributed by atoms with Crippen LogP contribution in [0.3, 0.4) is 0 Å². The second-order valence-corrected chi connectivity index (χ2v) is 4.82. The molecule has 0 spiro atoms. The van der Waals surface area contributed by atoms with E-state index in [9.17, 15) is 13.2 Å². The van der Waals surface area contributed by atoms with E-state index in [-0.39, 0.29) is 18.2 Å². The Morgan fingerprint density at radius 2 is 1.65 bits per heavy atom. The molecule has 0 saturated carbocycles. The fraction of sp³-hybridized carbons (Fsp3) is 0.250. The molecule has 0 aliphatic carbocycles. The van der Waals surface area contributed by atoms with E-state index < -0.39 is 17.5 Å². The Bertz CT molecular complexity index is 611. The average molecular weight is 279 g/mol. The van der Waals surface area contributed by atoms with Gasteiger partial charge in [-0.3, -0.25) is 0 Å². The fourth-order valence-corrected chi connectivity index (χ4v) is 2.14. The predicted molar refractivity (Wildman–Crippen MR) is 72.7 cm³/mol. The first-order valence-corrected chi connectivity index (χ1v) is 6.41. The molecule has 0 amide bonds. The number of nitrogens with one attached hydrogen (secondary N) is 1. The molecular formula is C16H16F3N. The molecule has 2 aromatic carbocycles. The van der Waals surface area contributed by atoms with Crippen LogP contribution in [-0.2, 0) is 6.54 Å². The lowest BCUT2D eigenvalue weighted by Gasteiger charge is -2.17. The molecule has 1 nitrogen and oxygen atoms in total. The van der Waals surface area contributed by atoms with Gasteiger partial charge in [0.2, 0.25) is 0 Å². The summed E-state index contributed by atoms with van der Waals surface area (Å²) in [6.07, 6.45) is 0. The Balaban J connectivity index is 2.09. The SMILES string of the molecule is Cc1ccccc1[C@H](C)NCc1cc(F)c(F)cc1F. The second kappa shape index (κ2) is 6.09. The van der Waals surface area contributed by atoms with Gasteiger partial charge in [-0.25, -0.2) is 13.2 Å². The van der Waals surface area contributed by atoms with Crippen molar-refractivity contribution in [2.45, 2.75) is 26.4 Å². The minimum absolute atomic E-state index is 0.0104. The van der Waals surface area contributed by atoms with Gasteiger partial charge in [-0.15, -0.1) is 0 Å². The molecule has 2 aromatic rings. The van der Waals surface area contributed by atoms with Crippen LogP contribution in [0.25, 0.3) is 0 Å². The van der Waals surface area contributed by atoms with E-state index in [4.69, 9.17) is 0 Å². The molecule has 2 rings (SSSR count). The highest BCUT2D eigenvalue weighted by Gasteiger charge is 2.12. The van der Waals surface area contributed by atoms with E-state index in [1.54, 1.807) is 0 Å². The van der Waals surface area contributed by atoms with Gasteiger partial charge in [-0.2, -0.15) is 0 Å². The van der Waals surface area contributed by atoms with Gasteiger partial charge in [0.25, 0.3) is 0 Å². The standard InChI is InChI=1S/C16H16F3N/c1-10-5-3-4-6-13(10)11(2)20-9-12-7-15(18)16(19)8-14(12)17/h3-8,11,20H,9H2,1-2H3/t11-/m0/s1.